The van der Waals surface area contributed by atoms with E-state index in [0.717, 1.165) is 23.0 Å². The number of aliphatic hydroxyl groups excluding tert-OH is 1. The first kappa shape index (κ1) is 13.1. The number of rotatable bonds is 3. The van der Waals surface area contributed by atoms with Crippen molar-refractivity contribution in [2.24, 2.45) is 0 Å². The van der Waals surface area contributed by atoms with Crippen LogP contribution >= 0.6 is 15.9 Å². The first-order valence-electron chi connectivity index (χ1n) is 6.42. The maximum atomic E-state index is 10.2. The SMILES string of the molecule is OC(CC1CCCCCN1)c1ccc(Br)cc1. The predicted molar refractivity (Wildman–Crippen MR) is 74.0 cm³/mol. The Bertz CT molecular complexity index is 331. The third-order valence-electron chi connectivity index (χ3n) is 3.42. The smallest absolute Gasteiger partial charge is 0.0804 e. The van der Waals surface area contributed by atoms with E-state index in [1.165, 1.54) is 25.7 Å². The van der Waals surface area contributed by atoms with Crippen molar-refractivity contribution in [3.05, 3.63) is 34.3 Å². The number of hydrogen-bond acceptors (Lipinski definition) is 2. The number of nitrogens with one attached hydrogen (secondary N) is 1. The van der Waals surface area contributed by atoms with Gasteiger partial charge >= 0.3 is 0 Å². The minimum atomic E-state index is -0.348. The lowest BCUT2D eigenvalue weighted by Crippen LogP contribution is -2.29. The summed E-state index contributed by atoms with van der Waals surface area (Å²) in [5, 5.41) is 13.7. The van der Waals surface area contributed by atoms with E-state index in [-0.39, 0.29) is 6.10 Å². The van der Waals surface area contributed by atoms with Crippen molar-refractivity contribution in [3.8, 4) is 0 Å². The lowest BCUT2D eigenvalue weighted by atomic mass is 9.99. The Kier molecular flexibility index (Phi) is 5.01. The molecule has 0 saturated carbocycles. The van der Waals surface area contributed by atoms with Crippen LogP contribution in [0.1, 0.15) is 43.8 Å². The standard InChI is InChI=1S/C14H20BrNO/c15-12-7-5-11(6-8-12)14(17)10-13-4-2-1-3-9-16-13/h5-8,13-14,16-17H,1-4,9-10H2. The molecule has 0 bridgehead atoms. The molecule has 1 aromatic carbocycles. The maximum Gasteiger partial charge on any atom is 0.0804 e. The Labute approximate surface area is 112 Å². The van der Waals surface area contributed by atoms with Crippen LogP contribution in [-0.4, -0.2) is 17.7 Å². The Morgan fingerprint density at radius 1 is 1.24 bits per heavy atom. The van der Waals surface area contributed by atoms with E-state index < -0.39 is 0 Å². The Morgan fingerprint density at radius 3 is 2.76 bits per heavy atom. The first-order valence-corrected chi connectivity index (χ1v) is 7.22. The number of hydrogen-bond donors (Lipinski definition) is 2. The van der Waals surface area contributed by atoms with Crippen LogP contribution in [0.15, 0.2) is 28.7 Å². The van der Waals surface area contributed by atoms with Gasteiger partial charge in [-0.1, -0.05) is 40.9 Å². The van der Waals surface area contributed by atoms with E-state index in [1.54, 1.807) is 0 Å². The molecule has 3 heteroatoms. The second-order valence-corrected chi connectivity index (χ2v) is 5.72. The molecule has 1 aromatic rings. The van der Waals surface area contributed by atoms with Crippen molar-refractivity contribution in [2.75, 3.05) is 6.54 Å². The molecule has 0 radical (unpaired) electrons. The van der Waals surface area contributed by atoms with Gasteiger partial charge in [0.25, 0.3) is 0 Å². The van der Waals surface area contributed by atoms with Crippen molar-refractivity contribution < 1.29 is 5.11 Å². The second kappa shape index (κ2) is 6.53. The van der Waals surface area contributed by atoms with Crippen LogP contribution in [0, 0.1) is 0 Å². The molecule has 1 aliphatic heterocycles. The van der Waals surface area contributed by atoms with E-state index in [4.69, 9.17) is 0 Å². The van der Waals surface area contributed by atoms with Gasteiger partial charge in [-0.15, -0.1) is 0 Å². The summed E-state index contributed by atoms with van der Waals surface area (Å²) in [6, 6.07) is 8.42. The molecule has 2 rings (SSSR count). The fourth-order valence-electron chi connectivity index (χ4n) is 2.39. The highest BCUT2D eigenvalue weighted by molar-refractivity contribution is 9.10. The molecule has 17 heavy (non-hydrogen) atoms. The molecule has 2 nitrogen and oxygen atoms in total. The zero-order valence-electron chi connectivity index (χ0n) is 10.0. The average molecular weight is 298 g/mol. The molecule has 2 atom stereocenters. The third-order valence-corrected chi connectivity index (χ3v) is 3.95. The zero-order valence-corrected chi connectivity index (χ0v) is 11.6. The molecule has 0 amide bonds. The van der Waals surface area contributed by atoms with E-state index in [0.29, 0.717) is 6.04 Å². The van der Waals surface area contributed by atoms with Gasteiger partial charge in [0, 0.05) is 10.5 Å². The van der Waals surface area contributed by atoms with Gasteiger partial charge in [-0.25, -0.2) is 0 Å². The Balaban J connectivity index is 1.91. The van der Waals surface area contributed by atoms with E-state index in [1.807, 2.05) is 24.3 Å². The highest BCUT2D eigenvalue weighted by atomic mass is 79.9. The average Bonchev–Trinajstić information content (AvgIpc) is 2.58. The van der Waals surface area contributed by atoms with Crippen molar-refractivity contribution >= 4 is 15.9 Å². The number of halogens is 1. The molecule has 0 spiro atoms. The van der Waals surface area contributed by atoms with Crippen LogP contribution in [0.4, 0.5) is 0 Å². The van der Waals surface area contributed by atoms with Crippen LogP contribution in [0.3, 0.4) is 0 Å². The Hall–Kier alpha value is -0.380. The summed E-state index contributed by atoms with van der Waals surface area (Å²) in [6.45, 7) is 1.09. The van der Waals surface area contributed by atoms with Crippen LogP contribution in [-0.2, 0) is 0 Å². The minimum Gasteiger partial charge on any atom is -0.388 e. The van der Waals surface area contributed by atoms with Gasteiger partial charge in [-0.05, 0) is 43.5 Å². The van der Waals surface area contributed by atoms with Gasteiger partial charge in [0.15, 0.2) is 0 Å². The topological polar surface area (TPSA) is 32.3 Å². The van der Waals surface area contributed by atoms with Crippen molar-refractivity contribution in [1.29, 1.82) is 0 Å². The van der Waals surface area contributed by atoms with Crippen LogP contribution in [0.2, 0.25) is 0 Å². The molecule has 1 heterocycles. The maximum absolute atomic E-state index is 10.2. The van der Waals surface area contributed by atoms with E-state index in [9.17, 15) is 5.11 Å². The van der Waals surface area contributed by atoms with Gasteiger partial charge < -0.3 is 10.4 Å². The van der Waals surface area contributed by atoms with Crippen LogP contribution < -0.4 is 5.32 Å². The normalized spacial score (nSPS) is 23.1. The second-order valence-electron chi connectivity index (χ2n) is 4.80. The van der Waals surface area contributed by atoms with Crippen LogP contribution in [0.5, 0.6) is 0 Å². The van der Waals surface area contributed by atoms with E-state index in [2.05, 4.69) is 21.2 Å². The molecule has 0 aliphatic carbocycles. The number of aliphatic hydroxyl groups is 1. The summed E-state index contributed by atoms with van der Waals surface area (Å²) in [6.07, 6.45) is 5.53. The highest BCUT2D eigenvalue weighted by Gasteiger charge is 2.17. The summed E-state index contributed by atoms with van der Waals surface area (Å²) in [7, 11) is 0. The summed E-state index contributed by atoms with van der Waals surface area (Å²) in [5.74, 6) is 0. The summed E-state index contributed by atoms with van der Waals surface area (Å²) in [5.41, 5.74) is 1.01. The summed E-state index contributed by atoms with van der Waals surface area (Å²) in [4.78, 5) is 0. The van der Waals surface area contributed by atoms with Gasteiger partial charge in [0.2, 0.25) is 0 Å². The lowest BCUT2D eigenvalue weighted by molar-refractivity contribution is 0.150. The monoisotopic (exact) mass is 297 g/mol. The van der Waals surface area contributed by atoms with Crippen molar-refractivity contribution in [2.45, 2.75) is 44.2 Å². The van der Waals surface area contributed by atoms with Crippen molar-refractivity contribution in [1.82, 2.24) is 5.32 Å². The zero-order chi connectivity index (χ0) is 12.1. The fraction of sp³-hybridized carbons (Fsp3) is 0.571. The minimum absolute atomic E-state index is 0.348. The molecule has 1 aliphatic rings. The van der Waals surface area contributed by atoms with E-state index >= 15 is 0 Å². The van der Waals surface area contributed by atoms with Crippen molar-refractivity contribution in [3.63, 3.8) is 0 Å². The van der Waals surface area contributed by atoms with Gasteiger partial charge in [-0.2, -0.15) is 0 Å². The highest BCUT2D eigenvalue weighted by Crippen LogP contribution is 2.23. The van der Waals surface area contributed by atoms with Gasteiger partial charge in [0.1, 0.15) is 0 Å². The van der Waals surface area contributed by atoms with Crippen LogP contribution in [0.25, 0.3) is 0 Å². The molecule has 2 N–H and O–H groups in total. The molecule has 1 saturated heterocycles. The largest absolute Gasteiger partial charge is 0.388 e. The van der Waals surface area contributed by atoms with Gasteiger partial charge in [-0.3, -0.25) is 0 Å². The third kappa shape index (κ3) is 4.09. The predicted octanol–water partition coefficient (Wildman–Crippen LogP) is 3.40. The molecule has 0 aromatic heterocycles. The quantitative estimate of drug-likeness (QED) is 0.896. The summed E-state index contributed by atoms with van der Waals surface area (Å²) < 4.78 is 1.06. The lowest BCUT2D eigenvalue weighted by Gasteiger charge is -2.20. The Morgan fingerprint density at radius 2 is 2.00 bits per heavy atom. The van der Waals surface area contributed by atoms with Gasteiger partial charge in [0.05, 0.1) is 6.10 Å². The molecule has 1 fully saturated rings. The fourth-order valence-corrected chi connectivity index (χ4v) is 2.66. The molecular weight excluding hydrogens is 278 g/mol. The molecular formula is C14H20BrNO. The first-order chi connectivity index (χ1) is 8.25. The molecule has 2 unspecified atom stereocenters. The molecule has 94 valence electrons. The number of benzene rings is 1. The summed E-state index contributed by atoms with van der Waals surface area (Å²) >= 11 is 3.41.